The van der Waals surface area contributed by atoms with Crippen LogP contribution < -0.4 is 9.47 Å². The molecule has 0 aliphatic carbocycles. The number of ether oxygens (including phenoxy) is 2. The minimum Gasteiger partial charge on any atom is -0.504 e. The smallest absolute Gasteiger partial charge is 0.504 e. The van der Waals surface area contributed by atoms with Crippen LogP contribution in [0, 0.1) is 6.92 Å². The minimum atomic E-state index is -4.88. The Kier molecular flexibility index (Phi) is 6.17. The quantitative estimate of drug-likeness (QED) is 0.559. The van der Waals surface area contributed by atoms with E-state index in [0.29, 0.717) is 0 Å². The Hall–Kier alpha value is -3.20. The van der Waals surface area contributed by atoms with E-state index in [4.69, 9.17) is 4.74 Å². The first-order valence-corrected chi connectivity index (χ1v) is 10.6. The molecule has 0 aromatic heterocycles. The van der Waals surface area contributed by atoms with Crippen LogP contribution in [0.4, 0.5) is 13.2 Å². The molecule has 0 amide bonds. The van der Waals surface area contributed by atoms with Crippen LogP contribution in [0.25, 0.3) is 0 Å². The lowest BCUT2D eigenvalue weighted by atomic mass is 10.0. The molecule has 31 heavy (non-hydrogen) atoms. The summed E-state index contributed by atoms with van der Waals surface area (Å²) in [5, 5.41) is 9.22. The molecule has 1 N–H and O–H groups in total. The third-order valence-corrected chi connectivity index (χ3v) is 6.68. The van der Waals surface area contributed by atoms with Gasteiger partial charge in [0.25, 0.3) is 0 Å². The van der Waals surface area contributed by atoms with Crippen molar-refractivity contribution in [2.45, 2.75) is 23.4 Å². The first-order chi connectivity index (χ1) is 14.5. The molecule has 3 aromatic rings. The zero-order valence-corrected chi connectivity index (χ0v) is 17.4. The minimum absolute atomic E-state index is 0.000868. The van der Waals surface area contributed by atoms with Gasteiger partial charge in [-0.25, -0.2) is 8.42 Å². The summed E-state index contributed by atoms with van der Waals surface area (Å²) in [6, 6.07) is 15.1. The van der Waals surface area contributed by atoms with Crippen molar-refractivity contribution >= 4 is 9.84 Å². The predicted octanol–water partition coefficient (Wildman–Crippen LogP) is 5.17. The first kappa shape index (κ1) is 22.5. The second-order valence-corrected chi connectivity index (χ2v) is 8.79. The van der Waals surface area contributed by atoms with Gasteiger partial charge < -0.3 is 14.6 Å². The highest BCUT2D eigenvalue weighted by Crippen LogP contribution is 2.43. The normalized spacial score (nSPS) is 12.9. The number of rotatable bonds is 6. The van der Waals surface area contributed by atoms with Crippen molar-refractivity contribution in [2.24, 2.45) is 0 Å². The second-order valence-electron chi connectivity index (χ2n) is 6.75. The van der Waals surface area contributed by atoms with E-state index in [9.17, 15) is 26.7 Å². The monoisotopic (exact) mass is 452 g/mol. The van der Waals surface area contributed by atoms with Crippen molar-refractivity contribution in [1.29, 1.82) is 0 Å². The van der Waals surface area contributed by atoms with Gasteiger partial charge in [-0.1, -0.05) is 42.0 Å². The molecule has 9 heteroatoms. The maximum Gasteiger partial charge on any atom is 0.573 e. The van der Waals surface area contributed by atoms with Crippen LogP contribution in [0.3, 0.4) is 0 Å². The molecule has 0 bridgehead atoms. The zero-order chi connectivity index (χ0) is 22.8. The maximum atomic E-state index is 13.5. The number of phenolic OH excluding ortho intramolecular Hbond substituents is 1. The fraction of sp³-hybridized carbons (Fsp3) is 0.182. The molecule has 0 aliphatic heterocycles. The van der Waals surface area contributed by atoms with E-state index in [2.05, 4.69) is 4.74 Å². The Bertz CT molecular complexity index is 1160. The van der Waals surface area contributed by atoms with Crippen LogP contribution in [0.2, 0.25) is 0 Å². The van der Waals surface area contributed by atoms with Crippen LogP contribution in [0.1, 0.15) is 21.9 Å². The first-order valence-electron chi connectivity index (χ1n) is 9.05. The molecule has 0 radical (unpaired) electrons. The van der Waals surface area contributed by atoms with E-state index in [0.717, 1.165) is 17.7 Å². The highest BCUT2D eigenvalue weighted by Gasteiger charge is 2.35. The zero-order valence-electron chi connectivity index (χ0n) is 16.6. The molecule has 3 aromatic carbocycles. The fourth-order valence-electron chi connectivity index (χ4n) is 3.15. The van der Waals surface area contributed by atoms with Gasteiger partial charge in [0, 0.05) is 5.56 Å². The topological polar surface area (TPSA) is 72.8 Å². The summed E-state index contributed by atoms with van der Waals surface area (Å²) >= 11 is 0. The molecule has 164 valence electrons. The van der Waals surface area contributed by atoms with Gasteiger partial charge in [0.05, 0.1) is 12.0 Å². The highest BCUT2D eigenvalue weighted by molar-refractivity contribution is 7.92. The molecule has 1 atom stereocenters. The van der Waals surface area contributed by atoms with E-state index in [1.54, 1.807) is 19.1 Å². The molecule has 0 heterocycles. The van der Waals surface area contributed by atoms with E-state index >= 15 is 0 Å². The van der Waals surface area contributed by atoms with E-state index in [1.165, 1.54) is 49.6 Å². The Balaban J connectivity index is 2.17. The molecule has 0 saturated heterocycles. The largest absolute Gasteiger partial charge is 0.573 e. The number of hydrogen-bond acceptors (Lipinski definition) is 5. The van der Waals surface area contributed by atoms with E-state index in [-0.39, 0.29) is 27.5 Å². The summed E-state index contributed by atoms with van der Waals surface area (Å²) in [4.78, 5) is 0.000868. The molecular formula is C22H19F3O5S. The standard InChI is InChI=1S/C22H19F3O5S/c1-14-6-12-17(13-7-14)31(27,28)21(18-4-3-5-19(29-2)20(18)26)15-8-10-16(11-9-15)30-22(23,24)25/h3-13,21,26H,1-2H3. The number of para-hydroxylation sites is 1. The number of halogens is 3. The van der Waals surface area contributed by atoms with Crippen molar-refractivity contribution < 1.29 is 36.2 Å². The van der Waals surface area contributed by atoms with Crippen molar-refractivity contribution in [3.8, 4) is 17.2 Å². The third-order valence-electron chi connectivity index (χ3n) is 4.61. The molecule has 0 fully saturated rings. The van der Waals surface area contributed by atoms with Gasteiger partial charge in [0.2, 0.25) is 0 Å². The Morgan fingerprint density at radius 1 is 0.935 bits per heavy atom. The summed E-state index contributed by atoms with van der Waals surface area (Å²) in [7, 11) is -2.77. The number of phenols is 1. The van der Waals surface area contributed by atoms with Crippen molar-refractivity contribution in [3.05, 3.63) is 83.4 Å². The van der Waals surface area contributed by atoms with Gasteiger partial charge in [-0.05, 0) is 42.8 Å². The van der Waals surface area contributed by atoms with Crippen LogP contribution in [0.5, 0.6) is 17.2 Å². The SMILES string of the molecule is COc1cccc(C(c2ccc(OC(F)(F)F)cc2)S(=O)(=O)c2ccc(C)cc2)c1O. The van der Waals surface area contributed by atoms with Gasteiger partial charge in [0.1, 0.15) is 11.0 Å². The summed E-state index contributed by atoms with van der Waals surface area (Å²) in [6.07, 6.45) is -4.88. The summed E-state index contributed by atoms with van der Waals surface area (Å²) < 4.78 is 73.5. The number of hydrogen-bond donors (Lipinski definition) is 1. The van der Waals surface area contributed by atoms with Crippen molar-refractivity contribution in [1.82, 2.24) is 0 Å². The second kappa shape index (κ2) is 8.50. The van der Waals surface area contributed by atoms with E-state index < -0.39 is 27.2 Å². The van der Waals surface area contributed by atoms with Gasteiger partial charge in [0.15, 0.2) is 21.3 Å². The molecule has 1 unspecified atom stereocenters. The molecular weight excluding hydrogens is 433 g/mol. The molecule has 0 aliphatic rings. The summed E-state index contributed by atoms with van der Waals surface area (Å²) in [5.74, 6) is -0.794. The van der Waals surface area contributed by atoms with Crippen LogP contribution in [-0.2, 0) is 9.84 Å². The van der Waals surface area contributed by atoms with Gasteiger partial charge in [-0.2, -0.15) is 0 Å². The van der Waals surface area contributed by atoms with Crippen LogP contribution in [0.15, 0.2) is 71.6 Å². The number of aromatic hydroxyl groups is 1. The number of methoxy groups -OCH3 is 1. The Labute approximate surface area is 177 Å². The van der Waals surface area contributed by atoms with Crippen LogP contribution >= 0.6 is 0 Å². The molecule has 0 saturated carbocycles. The molecule has 0 spiro atoms. The average Bonchev–Trinajstić information content (AvgIpc) is 2.70. The Morgan fingerprint density at radius 3 is 2.10 bits per heavy atom. The van der Waals surface area contributed by atoms with Gasteiger partial charge in [-0.3, -0.25) is 0 Å². The number of sulfone groups is 1. The number of aryl methyl sites for hydroxylation is 1. The third kappa shape index (κ3) is 4.93. The number of benzene rings is 3. The lowest BCUT2D eigenvalue weighted by Crippen LogP contribution is -2.18. The number of alkyl halides is 3. The Morgan fingerprint density at radius 2 is 1.55 bits per heavy atom. The predicted molar refractivity (Wildman–Crippen MR) is 108 cm³/mol. The van der Waals surface area contributed by atoms with E-state index in [1.807, 2.05) is 0 Å². The lowest BCUT2D eigenvalue weighted by Gasteiger charge is -2.21. The van der Waals surface area contributed by atoms with Crippen molar-refractivity contribution in [3.63, 3.8) is 0 Å². The van der Waals surface area contributed by atoms with Gasteiger partial charge >= 0.3 is 6.36 Å². The average molecular weight is 452 g/mol. The molecule has 5 nitrogen and oxygen atoms in total. The molecule has 3 rings (SSSR count). The lowest BCUT2D eigenvalue weighted by molar-refractivity contribution is -0.274. The fourth-order valence-corrected chi connectivity index (χ4v) is 4.98. The van der Waals surface area contributed by atoms with Crippen LogP contribution in [-0.4, -0.2) is 27.0 Å². The highest BCUT2D eigenvalue weighted by atomic mass is 32.2. The van der Waals surface area contributed by atoms with Gasteiger partial charge in [-0.15, -0.1) is 13.2 Å². The summed E-state index contributed by atoms with van der Waals surface area (Å²) in [5.41, 5.74) is 1.04. The summed E-state index contributed by atoms with van der Waals surface area (Å²) in [6.45, 7) is 1.81. The van der Waals surface area contributed by atoms with Crippen molar-refractivity contribution in [2.75, 3.05) is 7.11 Å². The maximum absolute atomic E-state index is 13.5.